The van der Waals surface area contributed by atoms with Gasteiger partial charge in [-0.3, -0.25) is 9.59 Å². The van der Waals surface area contributed by atoms with Gasteiger partial charge in [0.05, 0.1) is 17.8 Å². The van der Waals surface area contributed by atoms with E-state index >= 15 is 0 Å². The smallest absolute Gasteiger partial charge is 0.308 e. The van der Waals surface area contributed by atoms with Crippen LogP contribution in [-0.2, 0) is 4.79 Å². The summed E-state index contributed by atoms with van der Waals surface area (Å²) in [5, 5.41) is 19.6. The number of hydrogen-bond donors (Lipinski definition) is 2. The van der Waals surface area contributed by atoms with E-state index in [1.54, 1.807) is 0 Å². The molecule has 7 heteroatoms. The molecule has 24 heavy (non-hydrogen) atoms. The van der Waals surface area contributed by atoms with Crippen LogP contribution in [0.3, 0.4) is 0 Å². The number of aromatic nitrogens is 3. The van der Waals surface area contributed by atoms with Gasteiger partial charge in [0, 0.05) is 6.54 Å². The summed E-state index contributed by atoms with van der Waals surface area (Å²) in [7, 11) is 0. The lowest BCUT2D eigenvalue weighted by Crippen LogP contribution is -2.33. The van der Waals surface area contributed by atoms with Crippen LogP contribution in [0.15, 0.2) is 30.5 Å². The minimum Gasteiger partial charge on any atom is -0.481 e. The summed E-state index contributed by atoms with van der Waals surface area (Å²) >= 11 is 0. The van der Waals surface area contributed by atoms with Gasteiger partial charge in [-0.1, -0.05) is 31.2 Å². The highest BCUT2D eigenvalue weighted by atomic mass is 16.4. The molecule has 1 atom stereocenters. The van der Waals surface area contributed by atoms with Crippen molar-refractivity contribution in [3.63, 3.8) is 0 Å². The first-order valence-electron chi connectivity index (χ1n) is 7.87. The van der Waals surface area contributed by atoms with E-state index in [2.05, 4.69) is 15.6 Å². The van der Waals surface area contributed by atoms with Crippen LogP contribution in [0.1, 0.15) is 36.3 Å². The van der Waals surface area contributed by atoms with Crippen molar-refractivity contribution < 1.29 is 14.7 Å². The molecule has 0 aliphatic heterocycles. The predicted molar refractivity (Wildman–Crippen MR) is 89.0 cm³/mol. The van der Waals surface area contributed by atoms with Gasteiger partial charge in [-0.25, -0.2) is 4.68 Å². The maximum atomic E-state index is 12.1. The van der Waals surface area contributed by atoms with Crippen LogP contribution in [0.2, 0.25) is 0 Å². The second-order valence-corrected chi connectivity index (χ2v) is 6.26. The highest BCUT2D eigenvalue weighted by molar-refractivity contribution is 5.92. The minimum atomic E-state index is -0.910. The van der Waals surface area contributed by atoms with Gasteiger partial charge in [0.25, 0.3) is 5.91 Å². The van der Waals surface area contributed by atoms with Crippen LogP contribution >= 0.6 is 0 Å². The number of amides is 1. The van der Waals surface area contributed by atoms with Gasteiger partial charge in [0.15, 0.2) is 5.69 Å². The average Bonchev–Trinajstić information content (AvgIpc) is 3.00. The number of nitrogens with zero attached hydrogens (tertiary/aromatic N) is 3. The number of carboxylic acid groups (broad SMARTS) is 1. The zero-order valence-electron chi connectivity index (χ0n) is 14.1. The Balaban J connectivity index is 2.02. The van der Waals surface area contributed by atoms with Crippen LogP contribution in [-0.4, -0.2) is 38.5 Å². The summed E-state index contributed by atoms with van der Waals surface area (Å²) < 4.78 is 1.52. The molecule has 0 radical (unpaired) electrons. The third kappa shape index (κ3) is 4.65. The maximum absolute atomic E-state index is 12.1. The van der Waals surface area contributed by atoms with E-state index in [0.717, 1.165) is 11.3 Å². The summed E-state index contributed by atoms with van der Waals surface area (Å²) in [6.07, 6.45) is 2.04. The molecule has 0 saturated carbocycles. The lowest BCUT2D eigenvalue weighted by Gasteiger charge is -2.14. The quantitative estimate of drug-likeness (QED) is 0.810. The summed E-state index contributed by atoms with van der Waals surface area (Å²) in [5.74, 6) is -1.71. The van der Waals surface area contributed by atoms with Gasteiger partial charge in [-0.15, -0.1) is 5.10 Å². The van der Waals surface area contributed by atoms with E-state index in [1.165, 1.54) is 10.9 Å². The second-order valence-electron chi connectivity index (χ2n) is 6.26. The Labute approximate surface area is 140 Å². The number of carbonyl (C=O) groups excluding carboxylic acids is 1. The Kier molecular flexibility index (Phi) is 5.68. The Morgan fingerprint density at radius 1 is 1.33 bits per heavy atom. The van der Waals surface area contributed by atoms with Crippen molar-refractivity contribution in [3.8, 4) is 5.69 Å². The number of benzene rings is 1. The molecule has 128 valence electrons. The van der Waals surface area contributed by atoms with E-state index in [9.17, 15) is 14.7 Å². The Morgan fingerprint density at radius 2 is 2.08 bits per heavy atom. The Bertz CT molecular complexity index is 724. The van der Waals surface area contributed by atoms with Gasteiger partial charge in [-0.05, 0) is 37.0 Å². The van der Waals surface area contributed by atoms with E-state index in [-0.39, 0.29) is 18.2 Å². The van der Waals surface area contributed by atoms with Crippen LogP contribution in [0, 0.1) is 18.8 Å². The average molecular weight is 330 g/mol. The lowest BCUT2D eigenvalue weighted by molar-refractivity contribution is -0.142. The fraction of sp³-hybridized carbons (Fsp3) is 0.412. The summed E-state index contributed by atoms with van der Waals surface area (Å²) in [6, 6.07) is 7.66. The standard InChI is InChI=1S/C17H22N4O3/c1-11(2)7-13(17(23)24)9-18-16(22)15-10-21(20-19-15)14-6-4-5-12(3)8-14/h4-6,8,10-11,13H,7,9H2,1-3H3,(H,18,22)(H,23,24). The van der Waals surface area contributed by atoms with E-state index in [0.29, 0.717) is 6.42 Å². The van der Waals surface area contributed by atoms with Gasteiger partial charge in [0.1, 0.15) is 0 Å². The molecular weight excluding hydrogens is 308 g/mol. The van der Waals surface area contributed by atoms with Crippen LogP contribution in [0.4, 0.5) is 0 Å². The molecule has 0 aliphatic rings. The summed E-state index contributed by atoms with van der Waals surface area (Å²) in [5.41, 5.74) is 2.04. The van der Waals surface area contributed by atoms with Crippen LogP contribution < -0.4 is 5.32 Å². The molecule has 1 aromatic carbocycles. The summed E-state index contributed by atoms with van der Waals surface area (Å²) in [6.45, 7) is 5.94. The van der Waals surface area contributed by atoms with Crippen molar-refractivity contribution in [2.75, 3.05) is 6.54 Å². The lowest BCUT2D eigenvalue weighted by atomic mass is 9.97. The number of carbonyl (C=O) groups is 2. The first-order chi connectivity index (χ1) is 11.4. The van der Waals surface area contributed by atoms with E-state index in [4.69, 9.17) is 0 Å². The maximum Gasteiger partial charge on any atom is 0.308 e. The van der Waals surface area contributed by atoms with Crippen molar-refractivity contribution in [2.24, 2.45) is 11.8 Å². The normalized spacial score (nSPS) is 12.2. The molecule has 0 bridgehead atoms. The molecule has 1 amide bonds. The topological polar surface area (TPSA) is 97.1 Å². The minimum absolute atomic E-state index is 0.0731. The van der Waals surface area contributed by atoms with Crippen molar-refractivity contribution >= 4 is 11.9 Å². The number of carboxylic acids is 1. The Morgan fingerprint density at radius 3 is 2.71 bits per heavy atom. The highest BCUT2D eigenvalue weighted by Gasteiger charge is 2.21. The number of rotatable bonds is 7. The molecule has 2 N–H and O–H groups in total. The van der Waals surface area contributed by atoms with Crippen molar-refractivity contribution in [2.45, 2.75) is 27.2 Å². The SMILES string of the molecule is Cc1cccc(-n2cc(C(=O)NCC(CC(C)C)C(=O)O)nn2)c1. The van der Waals surface area contributed by atoms with Gasteiger partial charge in [-0.2, -0.15) is 0 Å². The number of nitrogens with one attached hydrogen (secondary N) is 1. The number of hydrogen-bond acceptors (Lipinski definition) is 4. The van der Waals surface area contributed by atoms with Crippen molar-refractivity contribution in [1.29, 1.82) is 0 Å². The van der Waals surface area contributed by atoms with Crippen molar-refractivity contribution in [1.82, 2.24) is 20.3 Å². The molecule has 1 aromatic heterocycles. The monoisotopic (exact) mass is 330 g/mol. The first-order valence-corrected chi connectivity index (χ1v) is 7.87. The molecule has 0 aliphatic carbocycles. The molecule has 0 spiro atoms. The zero-order chi connectivity index (χ0) is 17.7. The first kappa shape index (κ1) is 17.7. The highest BCUT2D eigenvalue weighted by Crippen LogP contribution is 2.12. The van der Waals surface area contributed by atoms with Crippen LogP contribution in [0.25, 0.3) is 5.69 Å². The van der Waals surface area contributed by atoms with Gasteiger partial charge < -0.3 is 10.4 Å². The van der Waals surface area contributed by atoms with Gasteiger partial charge in [0.2, 0.25) is 0 Å². The molecule has 7 nitrogen and oxygen atoms in total. The van der Waals surface area contributed by atoms with Gasteiger partial charge >= 0.3 is 5.97 Å². The molecule has 1 heterocycles. The second kappa shape index (κ2) is 7.72. The molecule has 0 saturated heterocycles. The van der Waals surface area contributed by atoms with Crippen LogP contribution in [0.5, 0.6) is 0 Å². The van der Waals surface area contributed by atoms with E-state index in [1.807, 2.05) is 45.0 Å². The third-order valence-electron chi connectivity index (χ3n) is 3.61. The number of aliphatic carboxylic acids is 1. The van der Waals surface area contributed by atoms with Crippen molar-refractivity contribution in [3.05, 3.63) is 41.7 Å². The molecule has 2 rings (SSSR count). The molecule has 2 aromatic rings. The predicted octanol–water partition coefficient (Wildman–Crippen LogP) is 2.05. The molecular formula is C17H22N4O3. The third-order valence-corrected chi connectivity index (χ3v) is 3.61. The Hall–Kier alpha value is -2.70. The number of aryl methyl sites for hydroxylation is 1. The molecule has 1 unspecified atom stereocenters. The fourth-order valence-corrected chi connectivity index (χ4v) is 2.41. The molecule has 0 fully saturated rings. The van der Waals surface area contributed by atoms with E-state index < -0.39 is 17.8 Å². The largest absolute Gasteiger partial charge is 0.481 e. The zero-order valence-corrected chi connectivity index (χ0v) is 14.1. The fourth-order valence-electron chi connectivity index (χ4n) is 2.41. The summed E-state index contributed by atoms with van der Waals surface area (Å²) in [4.78, 5) is 23.4.